The molecule has 2 heterocycles. The number of likely N-dealkylation sites (tertiary alicyclic amines) is 1. The predicted octanol–water partition coefficient (Wildman–Crippen LogP) is 4.51. The zero-order valence-corrected chi connectivity index (χ0v) is 22.2. The Morgan fingerprint density at radius 1 is 1.02 bits per heavy atom. The highest BCUT2D eigenvalue weighted by molar-refractivity contribution is 6.28. The summed E-state index contributed by atoms with van der Waals surface area (Å²) in [5, 5.41) is 14.5. The summed E-state index contributed by atoms with van der Waals surface area (Å²) in [5.74, 6) is -0.473. The molecule has 40 heavy (non-hydrogen) atoms. The first-order valence-corrected chi connectivity index (χ1v) is 13.3. The second-order valence-electron chi connectivity index (χ2n) is 10.00. The Morgan fingerprint density at radius 3 is 2.45 bits per heavy atom. The van der Waals surface area contributed by atoms with E-state index in [-0.39, 0.29) is 11.7 Å². The molecule has 2 N–H and O–H groups in total. The summed E-state index contributed by atoms with van der Waals surface area (Å²) in [6, 6.07) is 22.9. The third kappa shape index (κ3) is 5.44. The molecule has 1 aliphatic heterocycles. The average Bonchev–Trinajstić information content (AvgIpc) is 3.01. The summed E-state index contributed by atoms with van der Waals surface area (Å²) >= 11 is 0. The van der Waals surface area contributed by atoms with Crippen LogP contribution in [0.5, 0.6) is 5.75 Å². The van der Waals surface area contributed by atoms with Crippen molar-refractivity contribution in [2.75, 3.05) is 25.5 Å². The van der Waals surface area contributed by atoms with Gasteiger partial charge >= 0.3 is 0 Å². The molecule has 1 aliphatic rings. The molecule has 1 saturated heterocycles. The van der Waals surface area contributed by atoms with E-state index in [0.717, 1.165) is 22.0 Å². The minimum absolute atomic E-state index is 0.101. The van der Waals surface area contributed by atoms with Gasteiger partial charge in [-0.25, -0.2) is 0 Å². The monoisotopic (exact) mass is 537 g/mol. The average molecular weight is 538 g/mol. The molecule has 1 aromatic heterocycles. The number of pyridine rings is 1. The number of methoxy groups -OCH3 is 1. The maximum Gasteiger partial charge on any atom is 0.253 e. The van der Waals surface area contributed by atoms with Gasteiger partial charge in [0.05, 0.1) is 17.2 Å². The molecule has 0 bridgehead atoms. The number of amides is 1. The number of ketones is 1. The maximum atomic E-state index is 13.3. The number of fused-ring (bicyclic) bond motifs is 1. The number of aromatic nitrogens is 1. The number of carbonyl (C=O) groups is 3. The molecule has 0 saturated carbocycles. The minimum atomic E-state index is -0.773. The zero-order chi connectivity index (χ0) is 28.1. The van der Waals surface area contributed by atoms with E-state index in [0.29, 0.717) is 49.9 Å². The van der Waals surface area contributed by atoms with Gasteiger partial charge in [-0.15, -0.1) is 0 Å². The summed E-state index contributed by atoms with van der Waals surface area (Å²) in [6.07, 6.45) is 3.45. The van der Waals surface area contributed by atoms with Gasteiger partial charge in [-0.1, -0.05) is 42.5 Å². The first-order valence-electron chi connectivity index (χ1n) is 13.3. The number of aldehydes is 1. The van der Waals surface area contributed by atoms with Gasteiger partial charge in [0.1, 0.15) is 5.75 Å². The van der Waals surface area contributed by atoms with Gasteiger partial charge in [0.15, 0.2) is 6.29 Å². The first-order chi connectivity index (χ1) is 19.4. The highest BCUT2D eigenvalue weighted by atomic mass is 16.5. The number of carbonyl (C=O) groups excluding carboxylic acids is 3. The molecule has 1 atom stereocenters. The number of Topliss-reactive ketones (excluding diaryl/α,β-unsaturated/α-hetero) is 1. The van der Waals surface area contributed by atoms with E-state index >= 15 is 0 Å². The lowest BCUT2D eigenvalue weighted by molar-refractivity contribution is -0.130. The highest BCUT2D eigenvalue weighted by Gasteiger charge is 2.39. The lowest BCUT2D eigenvalue weighted by atomic mass is 9.83. The van der Waals surface area contributed by atoms with Crippen LogP contribution < -0.4 is 5.32 Å². The van der Waals surface area contributed by atoms with Crippen molar-refractivity contribution in [1.29, 1.82) is 0 Å². The fourth-order valence-electron chi connectivity index (χ4n) is 5.46. The molecule has 204 valence electrons. The molecule has 1 amide bonds. The van der Waals surface area contributed by atoms with Crippen LogP contribution in [0.15, 0.2) is 85.1 Å². The number of ether oxygens (including phenoxy) is 1. The largest absolute Gasteiger partial charge is 0.508 e. The Bertz CT molecular complexity index is 1520. The van der Waals surface area contributed by atoms with Crippen molar-refractivity contribution in [2.45, 2.75) is 30.9 Å². The number of benzene rings is 3. The second kappa shape index (κ2) is 11.7. The Hall–Kier alpha value is -4.56. The number of hydrogen-bond donors (Lipinski definition) is 2. The molecule has 1 fully saturated rings. The lowest BCUT2D eigenvalue weighted by Gasteiger charge is -2.41. The number of para-hydroxylation sites is 2. The first kappa shape index (κ1) is 27.0. The van der Waals surface area contributed by atoms with Crippen LogP contribution >= 0.6 is 0 Å². The summed E-state index contributed by atoms with van der Waals surface area (Å²) in [5.41, 5.74) is 2.89. The van der Waals surface area contributed by atoms with Crippen LogP contribution in [0, 0.1) is 0 Å². The molecular weight excluding hydrogens is 506 g/mol. The van der Waals surface area contributed by atoms with Crippen molar-refractivity contribution in [3.05, 3.63) is 102 Å². The van der Waals surface area contributed by atoms with Gasteiger partial charge in [0, 0.05) is 55.0 Å². The number of phenolic OH excluding ortho intramolecular Hbond substituents is 1. The Kier molecular flexibility index (Phi) is 7.89. The highest BCUT2D eigenvalue weighted by Crippen LogP contribution is 2.40. The smallest absolute Gasteiger partial charge is 0.253 e. The molecule has 8 heteroatoms. The Balaban J connectivity index is 1.26. The number of aromatic hydroxyl groups is 1. The molecular formula is C32H31N3O5. The number of phenols is 1. The topological polar surface area (TPSA) is 109 Å². The number of nitrogens with one attached hydrogen (secondary N) is 1. The number of rotatable bonds is 9. The molecule has 5 rings (SSSR count). The molecule has 8 nitrogen and oxygen atoms in total. The number of anilines is 1. The van der Waals surface area contributed by atoms with E-state index in [2.05, 4.69) is 10.3 Å². The van der Waals surface area contributed by atoms with E-state index in [9.17, 15) is 19.5 Å². The van der Waals surface area contributed by atoms with Crippen LogP contribution in [0.25, 0.3) is 10.9 Å². The molecule has 3 aromatic carbocycles. The van der Waals surface area contributed by atoms with Crippen LogP contribution in [0.4, 0.5) is 5.69 Å². The second-order valence-corrected chi connectivity index (χ2v) is 10.00. The summed E-state index contributed by atoms with van der Waals surface area (Å²) in [7, 11) is 1.63. The molecule has 0 aliphatic carbocycles. The zero-order valence-electron chi connectivity index (χ0n) is 22.2. The van der Waals surface area contributed by atoms with Crippen LogP contribution in [-0.4, -0.2) is 59.2 Å². The fourth-order valence-corrected chi connectivity index (χ4v) is 5.46. The summed E-state index contributed by atoms with van der Waals surface area (Å²) < 4.78 is 5.86. The Morgan fingerprint density at radius 2 is 1.75 bits per heavy atom. The Labute approximate surface area is 232 Å². The quantitative estimate of drug-likeness (QED) is 0.239. The molecule has 0 radical (unpaired) electrons. The molecule has 1 unspecified atom stereocenters. The van der Waals surface area contributed by atoms with Gasteiger partial charge in [-0.2, -0.15) is 0 Å². The van der Waals surface area contributed by atoms with Gasteiger partial charge < -0.3 is 20.1 Å². The van der Waals surface area contributed by atoms with Crippen molar-refractivity contribution >= 4 is 34.6 Å². The number of hydrogen-bond acceptors (Lipinski definition) is 7. The van der Waals surface area contributed by atoms with Crippen molar-refractivity contribution in [3.63, 3.8) is 0 Å². The van der Waals surface area contributed by atoms with E-state index < -0.39 is 17.4 Å². The van der Waals surface area contributed by atoms with Gasteiger partial charge in [-0.05, 0) is 54.8 Å². The van der Waals surface area contributed by atoms with Crippen molar-refractivity contribution in [1.82, 2.24) is 9.88 Å². The molecule has 4 aromatic rings. The van der Waals surface area contributed by atoms with Crippen LogP contribution in [0.1, 0.15) is 34.3 Å². The predicted molar refractivity (Wildman–Crippen MR) is 152 cm³/mol. The minimum Gasteiger partial charge on any atom is -0.508 e. The van der Waals surface area contributed by atoms with Crippen LogP contribution in [0.3, 0.4) is 0 Å². The van der Waals surface area contributed by atoms with E-state index in [1.54, 1.807) is 54.6 Å². The van der Waals surface area contributed by atoms with Crippen molar-refractivity contribution in [3.8, 4) is 5.75 Å². The van der Waals surface area contributed by atoms with E-state index in [1.165, 1.54) is 0 Å². The normalized spacial score (nSPS) is 15.4. The SMILES string of the molecule is COC1(c2ccccc2O)CCN(C(=O)c2ccc(NC(Cc3cccc4cccnc34)C(=O)C=O)cc2)CC1. The van der Waals surface area contributed by atoms with Crippen LogP contribution in [0.2, 0.25) is 0 Å². The molecule has 0 spiro atoms. The maximum absolute atomic E-state index is 13.3. The third-order valence-corrected chi connectivity index (χ3v) is 7.72. The summed E-state index contributed by atoms with van der Waals surface area (Å²) in [6.45, 7) is 0.964. The van der Waals surface area contributed by atoms with Crippen LogP contribution in [-0.2, 0) is 26.3 Å². The standard InChI is InChI=1S/C32H31N3O5/c1-40-32(26-9-2-3-10-28(26)37)15-18-35(19-16-32)31(39)23-11-13-25(14-12-23)34-27(29(38)21-36)20-24-7-4-6-22-8-5-17-33-30(22)24/h2-14,17,21,27,34,37H,15-16,18-20H2,1H3. The lowest BCUT2D eigenvalue weighted by Crippen LogP contribution is -2.46. The van der Waals surface area contributed by atoms with Gasteiger partial charge in [-0.3, -0.25) is 19.4 Å². The van der Waals surface area contributed by atoms with Gasteiger partial charge in [0.25, 0.3) is 5.91 Å². The van der Waals surface area contributed by atoms with Crippen molar-refractivity contribution < 1.29 is 24.2 Å². The number of nitrogens with zero attached hydrogens (tertiary/aromatic N) is 2. The number of piperidine rings is 1. The van der Waals surface area contributed by atoms with Gasteiger partial charge in [0.2, 0.25) is 5.78 Å². The third-order valence-electron chi connectivity index (χ3n) is 7.72. The van der Waals surface area contributed by atoms with Crippen molar-refractivity contribution in [2.24, 2.45) is 0 Å². The van der Waals surface area contributed by atoms with E-state index in [1.807, 2.05) is 42.5 Å². The summed E-state index contributed by atoms with van der Waals surface area (Å²) in [4.78, 5) is 43.4. The van der Waals surface area contributed by atoms with E-state index in [4.69, 9.17) is 4.74 Å². The fraction of sp³-hybridized carbons (Fsp3) is 0.250.